The van der Waals surface area contributed by atoms with E-state index in [0.717, 1.165) is 12.8 Å². The summed E-state index contributed by atoms with van der Waals surface area (Å²) in [6.07, 6.45) is 7.04. The summed E-state index contributed by atoms with van der Waals surface area (Å²) in [5.41, 5.74) is 1.89. The number of nitrogens with zero attached hydrogens (tertiary/aromatic N) is 1. The van der Waals surface area contributed by atoms with Crippen molar-refractivity contribution in [2.45, 2.75) is 38.5 Å². The van der Waals surface area contributed by atoms with E-state index in [1.54, 1.807) is 17.4 Å². The summed E-state index contributed by atoms with van der Waals surface area (Å²) in [4.78, 5) is 29.1. The van der Waals surface area contributed by atoms with Gasteiger partial charge in [0.25, 0.3) is 0 Å². The Bertz CT molecular complexity index is 894. The van der Waals surface area contributed by atoms with Crippen LogP contribution in [0.15, 0.2) is 54.4 Å². The van der Waals surface area contributed by atoms with Gasteiger partial charge in [0.05, 0.1) is 5.41 Å². The van der Waals surface area contributed by atoms with Gasteiger partial charge in [-0.25, -0.2) is 0 Å². The lowest BCUT2D eigenvalue weighted by Gasteiger charge is -2.42. The Morgan fingerprint density at radius 3 is 2.63 bits per heavy atom. The monoisotopic (exact) mass is 422 g/mol. The Morgan fingerprint density at radius 2 is 2.00 bits per heavy atom. The molecule has 2 heterocycles. The molecule has 2 aromatic rings. The molecule has 0 spiro atoms. The van der Waals surface area contributed by atoms with Gasteiger partial charge in [-0.3, -0.25) is 9.59 Å². The number of hydrogen-bond acceptors (Lipinski definition) is 3. The first-order valence-corrected chi connectivity index (χ1v) is 11.8. The molecule has 1 aliphatic carbocycles. The maximum Gasteiger partial charge on any atom is 0.226 e. The average Bonchev–Trinajstić information content (AvgIpc) is 3.26. The van der Waals surface area contributed by atoms with E-state index in [9.17, 15) is 9.59 Å². The van der Waals surface area contributed by atoms with E-state index >= 15 is 0 Å². The number of amides is 2. The van der Waals surface area contributed by atoms with Crippen LogP contribution in [0.4, 0.5) is 0 Å². The first-order valence-electron chi connectivity index (χ1n) is 10.9. The van der Waals surface area contributed by atoms with Gasteiger partial charge in [0, 0.05) is 30.4 Å². The molecule has 2 amide bonds. The van der Waals surface area contributed by atoms with Crippen LogP contribution in [-0.2, 0) is 16.0 Å². The number of benzene rings is 1. The highest BCUT2D eigenvalue weighted by molar-refractivity contribution is 7.13. The molecule has 1 saturated heterocycles. The molecular weight excluding hydrogens is 392 g/mol. The van der Waals surface area contributed by atoms with Crippen molar-refractivity contribution < 1.29 is 9.59 Å². The molecular formula is C25H30N2O2S. The summed E-state index contributed by atoms with van der Waals surface area (Å²) >= 11 is 1.73. The minimum absolute atomic E-state index is 0.0830. The van der Waals surface area contributed by atoms with Crippen LogP contribution in [0.1, 0.15) is 37.7 Å². The molecule has 0 atom stereocenters. The number of rotatable bonds is 7. The van der Waals surface area contributed by atoms with E-state index in [0.29, 0.717) is 44.8 Å². The van der Waals surface area contributed by atoms with Gasteiger partial charge >= 0.3 is 0 Å². The lowest BCUT2D eigenvalue weighted by atomic mass is 9.72. The normalized spacial score (nSPS) is 18.5. The van der Waals surface area contributed by atoms with Gasteiger partial charge in [-0.2, -0.15) is 0 Å². The Labute approximate surface area is 183 Å². The van der Waals surface area contributed by atoms with Crippen molar-refractivity contribution in [1.82, 2.24) is 10.2 Å². The average molecular weight is 423 g/mol. The van der Waals surface area contributed by atoms with Gasteiger partial charge in [0.15, 0.2) is 0 Å². The molecule has 5 heteroatoms. The summed E-state index contributed by atoms with van der Waals surface area (Å²) in [7, 11) is 0. The molecule has 158 valence electrons. The van der Waals surface area contributed by atoms with E-state index < -0.39 is 5.41 Å². The number of carbonyl (C=O) groups excluding carboxylic acids is 2. The predicted molar refractivity (Wildman–Crippen MR) is 122 cm³/mol. The van der Waals surface area contributed by atoms with Crippen molar-refractivity contribution in [2.75, 3.05) is 19.6 Å². The van der Waals surface area contributed by atoms with Crippen molar-refractivity contribution >= 4 is 23.2 Å². The van der Waals surface area contributed by atoms with Crippen LogP contribution in [0.3, 0.4) is 0 Å². The van der Waals surface area contributed by atoms with Crippen LogP contribution < -0.4 is 5.32 Å². The fourth-order valence-corrected chi connectivity index (χ4v) is 5.30. The van der Waals surface area contributed by atoms with Gasteiger partial charge in [0.2, 0.25) is 11.8 Å². The SMILES string of the molecule is C=CCNC(=O)C1(Cc2cccc(-c3cccs3)c2)CCN(C(=O)C2CCC2)CC1. The molecule has 0 radical (unpaired) electrons. The topological polar surface area (TPSA) is 49.4 Å². The molecule has 2 fully saturated rings. The fourth-order valence-electron chi connectivity index (χ4n) is 4.57. The number of likely N-dealkylation sites (tertiary alicyclic amines) is 1. The third kappa shape index (κ3) is 4.36. The van der Waals surface area contributed by atoms with E-state index in [4.69, 9.17) is 0 Å². The second-order valence-electron chi connectivity index (χ2n) is 8.59. The highest BCUT2D eigenvalue weighted by atomic mass is 32.1. The number of piperidine rings is 1. The van der Waals surface area contributed by atoms with Gasteiger partial charge in [-0.1, -0.05) is 42.8 Å². The van der Waals surface area contributed by atoms with Crippen LogP contribution >= 0.6 is 11.3 Å². The molecule has 1 N–H and O–H groups in total. The number of hydrogen-bond donors (Lipinski definition) is 1. The zero-order valence-electron chi connectivity index (χ0n) is 17.4. The van der Waals surface area contributed by atoms with Crippen LogP contribution in [0.2, 0.25) is 0 Å². The lowest BCUT2D eigenvalue weighted by Crippen LogP contribution is -2.52. The first-order chi connectivity index (χ1) is 14.6. The van der Waals surface area contributed by atoms with Gasteiger partial charge in [-0.15, -0.1) is 17.9 Å². The molecule has 4 rings (SSSR count). The van der Waals surface area contributed by atoms with Crippen LogP contribution in [0, 0.1) is 11.3 Å². The van der Waals surface area contributed by atoms with Crippen LogP contribution in [-0.4, -0.2) is 36.3 Å². The highest BCUT2D eigenvalue weighted by Gasteiger charge is 2.43. The first kappa shape index (κ1) is 20.9. The van der Waals surface area contributed by atoms with E-state index in [2.05, 4.69) is 53.7 Å². The molecule has 1 saturated carbocycles. The van der Waals surface area contributed by atoms with Crippen molar-refractivity contribution in [3.8, 4) is 10.4 Å². The van der Waals surface area contributed by atoms with E-state index in [1.807, 2.05) is 4.90 Å². The smallest absolute Gasteiger partial charge is 0.226 e. The van der Waals surface area contributed by atoms with Crippen molar-refractivity contribution in [2.24, 2.45) is 11.3 Å². The molecule has 1 aromatic heterocycles. The largest absolute Gasteiger partial charge is 0.352 e. The third-order valence-electron chi connectivity index (χ3n) is 6.65. The molecule has 4 nitrogen and oxygen atoms in total. The molecule has 2 aliphatic rings. The number of nitrogens with one attached hydrogen (secondary N) is 1. The molecule has 30 heavy (non-hydrogen) atoms. The Morgan fingerprint density at radius 1 is 1.20 bits per heavy atom. The zero-order valence-corrected chi connectivity index (χ0v) is 18.3. The summed E-state index contributed by atoms with van der Waals surface area (Å²) in [6.45, 7) is 5.54. The molecule has 0 bridgehead atoms. The Balaban J connectivity index is 1.52. The molecule has 0 unspecified atom stereocenters. The minimum atomic E-state index is -0.479. The summed E-state index contributed by atoms with van der Waals surface area (Å²) in [6, 6.07) is 12.7. The number of thiophene rings is 1. The van der Waals surface area contributed by atoms with Crippen molar-refractivity contribution in [3.05, 3.63) is 60.0 Å². The van der Waals surface area contributed by atoms with Gasteiger partial charge in [0.1, 0.15) is 0 Å². The predicted octanol–water partition coefficient (Wildman–Crippen LogP) is 4.67. The second-order valence-corrected chi connectivity index (χ2v) is 9.53. The zero-order chi connectivity index (χ0) is 21.0. The molecule has 1 aliphatic heterocycles. The third-order valence-corrected chi connectivity index (χ3v) is 7.57. The highest BCUT2D eigenvalue weighted by Crippen LogP contribution is 2.38. The Hall–Kier alpha value is -2.40. The second kappa shape index (κ2) is 9.17. The molecule has 1 aromatic carbocycles. The van der Waals surface area contributed by atoms with Crippen molar-refractivity contribution in [1.29, 1.82) is 0 Å². The van der Waals surface area contributed by atoms with Gasteiger partial charge in [-0.05, 0) is 54.7 Å². The Kier molecular flexibility index (Phi) is 6.38. The summed E-state index contributed by atoms with van der Waals surface area (Å²) in [5, 5.41) is 5.12. The summed E-state index contributed by atoms with van der Waals surface area (Å²) in [5.74, 6) is 0.593. The fraction of sp³-hybridized carbons (Fsp3) is 0.440. The standard InChI is InChI=1S/C25H30N2O2S/c1-2-13-26-24(29)25(11-14-27(15-12-25)23(28)20-7-4-8-20)18-19-6-3-9-21(17-19)22-10-5-16-30-22/h2-3,5-6,9-10,16-17,20H,1,4,7-8,11-15,18H2,(H,26,29). The quantitative estimate of drug-likeness (QED) is 0.659. The van der Waals surface area contributed by atoms with Crippen LogP contribution in [0.5, 0.6) is 0 Å². The minimum Gasteiger partial charge on any atom is -0.352 e. The van der Waals surface area contributed by atoms with Crippen LogP contribution in [0.25, 0.3) is 10.4 Å². The van der Waals surface area contributed by atoms with Gasteiger partial charge < -0.3 is 10.2 Å². The lowest BCUT2D eigenvalue weighted by molar-refractivity contribution is -0.144. The van der Waals surface area contributed by atoms with E-state index in [1.165, 1.54) is 22.4 Å². The van der Waals surface area contributed by atoms with E-state index in [-0.39, 0.29) is 11.8 Å². The summed E-state index contributed by atoms with van der Waals surface area (Å²) < 4.78 is 0. The maximum atomic E-state index is 13.2. The number of carbonyl (C=O) groups is 2. The maximum absolute atomic E-state index is 13.2. The van der Waals surface area contributed by atoms with Crippen molar-refractivity contribution in [3.63, 3.8) is 0 Å².